The third kappa shape index (κ3) is 2.39. The number of nitrogens with zero attached hydrogens (tertiary/aromatic N) is 1. The minimum absolute atomic E-state index is 0.125. The molecule has 0 amide bonds. The van der Waals surface area contributed by atoms with Gasteiger partial charge in [-0.3, -0.25) is 4.79 Å². The van der Waals surface area contributed by atoms with E-state index in [-0.39, 0.29) is 11.8 Å². The van der Waals surface area contributed by atoms with Crippen LogP contribution < -0.4 is 14.4 Å². The van der Waals surface area contributed by atoms with Gasteiger partial charge in [-0.1, -0.05) is 19.1 Å². The van der Waals surface area contributed by atoms with Crippen molar-refractivity contribution in [1.82, 2.24) is 0 Å². The highest BCUT2D eigenvalue weighted by molar-refractivity contribution is 6.07. The third-order valence-corrected chi connectivity index (χ3v) is 5.51. The van der Waals surface area contributed by atoms with Gasteiger partial charge in [-0.15, -0.1) is 0 Å². The van der Waals surface area contributed by atoms with Gasteiger partial charge >= 0.3 is 0 Å². The lowest BCUT2D eigenvalue weighted by Gasteiger charge is -2.25. The van der Waals surface area contributed by atoms with Gasteiger partial charge in [-0.05, 0) is 47.7 Å². The summed E-state index contributed by atoms with van der Waals surface area (Å²) in [6, 6.07) is 10.1. The molecule has 0 saturated heterocycles. The van der Waals surface area contributed by atoms with Gasteiger partial charge in [-0.2, -0.15) is 0 Å². The maximum absolute atomic E-state index is 13.1. The van der Waals surface area contributed by atoms with Crippen LogP contribution in [-0.4, -0.2) is 32.6 Å². The van der Waals surface area contributed by atoms with Gasteiger partial charge in [0.05, 0.1) is 20.3 Å². The van der Waals surface area contributed by atoms with Crippen LogP contribution in [0.15, 0.2) is 30.3 Å². The fraction of sp³-hybridized carbons (Fsp3) is 0.381. The fourth-order valence-corrected chi connectivity index (χ4v) is 4.24. The second kappa shape index (κ2) is 6.10. The van der Waals surface area contributed by atoms with Crippen molar-refractivity contribution in [3.63, 3.8) is 0 Å². The average molecular weight is 337 g/mol. The Morgan fingerprint density at radius 3 is 2.64 bits per heavy atom. The van der Waals surface area contributed by atoms with Gasteiger partial charge in [0.2, 0.25) is 0 Å². The molecule has 1 atom stereocenters. The van der Waals surface area contributed by atoms with Gasteiger partial charge in [-0.25, -0.2) is 0 Å². The molecule has 4 nitrogen and oxygen atoms in total. The molecule has 1 aliphatic heterocycles. The van der Waals surface area contributed by atoms with Crippen LogP contribution in [0.4, 0.5) is 5.69 Å². The van der Waals surface area contributed by atoms with E-state index in [1.54, 1.807) is 14.2 Å². The molecule has 1 unspecified atom stereocenters. The highest BCUT2D eigenvalue weighted by Crippen LogP contribution is 2.39. The second-order valence-corrected chi connectivity index (χ2v) is 6.66. The van der Waals surface area contributed by atoms with Crippen molar-refractivity contribution in [2.24, 2.45) is 0 Å². The number of carbonyl (C=O) groups excluding carboxylic acids is 1. The summed E-state index contributed by atoms with van der Waals surface area (Å²) in [5.74, 6) is 1.49. The highest BCUT2D eigenvalue weighted by atomic mass is 16.5. The van der Waals surface area contributed by atoms with E-state index in [4.69, 9.17) is 9.47 Å². The summed E-state index contributed by atoms with van der Waals surface area (Å²) >= 11 is 0. The Morgan fingerprint density at radius 1 is 1.16 bits per heavy atom. The van der Waals surface area contributed by atoms with Gasteiger partial charge < -0.3 is 14.4 Å². The number of aryl methyl sites for hydroxylation is 1. The number of carbonyl (C=O) groups is 1. The molecule has 1 aliphatic carbocycles. The van der Waals surface area contributed by atoms with Crippen molar-refractivity contribution in [3.8, 4) is 11.5 Å². The van der Waals surface area contributed by atoms with Gasteiger partial charge in [0.15, 0.2) is 17.3 Å². The van der Waals surface area contributed by atoms with E-state index >= 15 is 0 Å². The number of benzene rings is 2. The number of Topliss-reactive ketones (excluding diaryl/α,β-unsaturated/α-hetero) is 1. The molecule has 1 heterocycles. The molecule has 4 rings (SSSR count). The van der Waals surface area contributed by atoms with E-state index in [9.17, 15) is 4.79 Å². The first-order chi connectivity index (χ1) is 12.2. The average Bonchev–Trinajstić information content (AvgIpc) is 3.21. The molecule has 130 valence electrons. The lowest BCUT2D eigenvalue weighted by atomic mass is 10.0. The maximum atomic E-state index is 13.1. The van der Waals surface area contributed by atoms with Crippen LogP contribution in [0, 0.1) is 0 Å². The van der Waals surface area contributed by atoms with Gasteiger partial charge in [0.25, 0.3) is 0 Å². The molecular formula is C21H23NO3. The lowest BCUT2D eigenvalue weighted by molar-refractivity contribution is 0.0971. The molecule has 0 fully saturated rings. The zero-order chi connectivity index (χ0) is 17.6. The summed E-state index contributed by atoms with van der Waals surface area (Å²) in [6.07, 6.45) is 2.78. The smallest absolute Gasteiger partial charge is 0.185 e. The molecule has 4 heteroatoms. The van der Waals surface area contributed by atoms with Crippen molar-refractivity contribution in [3.05, 3.63) is 52.6 Å². The normalized spacial score (nSPS) is 18.3. The second-order valence-electron chi connectivity index (χ2n) is 6.66. The molecular weight excluding hydrogens is 314 g/mol. The first-order valence-corrected chi connectivity index (χ1v) is 8.84. The van der Waals surface area contributed by atoms with Gasteiger partial charge in [0.1, 0.15) is 0 Å². The third-order valence-electron chi connectivity index (χ3n) is 5.51. The zero-order valence-corrected chi connectivity index (χ0v) is 15.0. The van der Waals surface area contributed by atoms with E-state index < -0.39 is 0 Å². The van der Waals surface area contributed by atoms with Crippen LogP contribution in [-0.2, 0) is 19.3 Å². The number of fused-ring (bicyclic) bond motifs is 2. The SMILES string of the molecule is CCc1cccc2c1CCN2C1Cc2cc(OC)c(OC)cc2C1=O. The zero-order valence-electron chi connectivity index (χ0n) is 15.0. The predicted molar refractivity (Wildman–Crippen MR) is 98.2 cm³/mol. The van der Waals surface area contributed by atoms with E-state index in [0.717, 1.165) is 36.9 Å². The number of hydrogen-bond acceptors (Lipinski definition) is 4. The quantitative estimate of drug-likeness (QED) is 0.857. The number of anilines is 1. The maximum Gasteiger partial charge on any atom is 0.185 e. The van der Waals surface area contributed by atoms with Crippen LogP contribution in [0.25, 0.3) is 0 Å². The Balaban J connectivity index is 1.70. The monoisotopic (exact) mass is 337 g/mol. The molecule has 0 spiro atoms. The van der Waals surface area contributed by atoms with E-state index in [1.807, 2.05) is 12.1 Å². The Kier molecular flexibility index (Phi) is 3.91. The highest BCUT2D eigenvalue weighted by Gasteiger charge is 2.38. The summed E-state index contributed by atoms with van der Waals surface area (Å²) in [6.45, 7) is 3.10. The van der Waals surface area contributed by atoms with E-state index in [2.05, 4.69) is 30.0 Å². The largest absolute Gasteiger partial charge is 0.493 e. The number of methoxy groups -OCH3 is 2. The first-order valence-electron chi connectivity index (χ1n) is 8.84. The number of rotatable bonds is 4. The molecule has 0 radical (unpaired) electrons. The fourth-order valence-electron chi connectivity index (χ4n) is 4.24. The van der Waals surface area contributed by atoms with Crippen molar-refractivity contribution >= 4 is 11.5 Å². The summed E-state index contributed by atoms with van der Waals surface area (Å²) in [4.78, 5) is 15.4. The van der Waals surface area contributed by atoms with Crippen molar-refractivity contribution in [1.29, 1.82) is 0 Å². The van der Waals surface area contributed by atoms with Crippen molar-refractivity contribution in [2.75, 3.05) is 25.7 Å². The Bertz CT molecular complexity index is 843. The summed E-state index contributed by atoms with van der Waals surface area (Å²) < 4.78 is 10.8. The van der Waals surface area contributed by atoms with Crippen LogP contribution >= 0.6 is 0 Å². The first kappa shape index (κ1) is 16.0. The number of hydrogen-bond donors (Lipinski definition) is 0. The molecule has 0 saturated carbocycles. The standard InChI is InChI=1S/C21H23NO3/c1-4-13-6-5-7-17-15(13)8-9-22(17)18-10-14-11-19(24-2)20(25-3)12-16(14)21(18)23/h5-7,11-12,18H,4,8-10H2,1-3H3. The summed E-state index contributed by atoms with van der Waals surface area (Å²) in [7, 11) is 3.23. The number of ether oxygens (including phenoxy) is 2. The van der Waals surface area contributed by atoms with Crippen LogP contribution in [0.2, 0.25) is 0 Å². The molecule has 2 aromatic rings. The molecule has 25 heavy (non-hydrogen) atoms. The molecule has 0 bridgehead atoms. The Labute approximate surface area is 148 Å². The van der Waals surface area contributed by atoms with E-state index in [0.29, 0.717) is 11.5 Å². The molecule has 0 aromatic heterocycles. The topological polar surface area (TPSA) is 38.8 Å². The lowest BCUT2D eigenvalue weighted by Crippen LogP contribution is -2.38. The van der Waals surface area contributed by atoms with Crippen LogP contribution in [0.3, 0.4) is 0 Å². The van der Waals surface area contributed by atoms with Crippen LogP contribution in [0.1, 0.15) is 34.0 Å². The minimum atomic E-state index is -0.125. The van der Waals surface area contributed by atoms with Crippen LogP contribution in [0.5, 0.6) is 11.5 Å². The predicted octanol–water partition coefficient (Wildman–Crippen LogP) is 3.44. The summed E-state index contributed by atoms with van der Waals surface area (Å²) in [5.41, 5.74) is 5.84. The summed E-state index contributed by atoms with van der Waals surface area (Å²) in [5, 5.41) is 0. The molecule has 2 aliphatic rings. The minimum Gasteiger partial charge on any atom is -0.493 e. The van der Waals surface area contributed by atoms with Crippen molar-refractivity contribution in [2.45, 2.75) is 32.2 Å². The number of ketones is 1. The Morgan fingerprint density at radius 2 is 1.92 bits per heavy atom. The van der Waals surface area contributed by atoms with Gasteiger partial charge in [0, 0.05) is 24.2 Å². The molecule has 2 aromatic carbocycles. The van der Waals surface area contributed by atoms with Crippen molar-refractivity contribution < 1.29 is 14.3 Å². The Hall–Kier alpha value is -2.49. The molecule has 0 N–H and O–H groups in total. The van der Waals surface area contributed by atoms with E-state index in [1.165, 1.54) is 16.8 Å².